The maximum absolute atomic E-state index is 13.1. The normalized spacial score (nSPS) is 15.9. The van der Waals surface area contributed by atoms with E-state index in [-0.39, 0.29) is 10.9 Å². The van der Waals surface area contributed by atoms with E-state index in [1.807, 2.05) is 47.8 Å². The third-order valence-corrected chi connectivity index (χ3v) is 7.28. The molecule has 5 nitrogen and oxygen atoms in total. The third kappa shape index (κ3) is 4.31. The summed E-state index contributed by atoms with van der Waals surface area (Å²) in [5.41, 5.74) is 1.62. The standard InChI is InChI=1S/C20H23N3O2S2/c24-27(25,22-17-10-5-2-6-11-17)19-15-23(14-16-8-3-1-4-9-16)21-20(19)18-12-7-13-26-18/h1,3-4,7-9,12-13,15,17,22H,2,5-6,10-11,14H2. The van der Waals surface area contributed by atoms with Crippen molar-refractivity contribution in [3.63, 3.8) is 0 Å². The number of hydrogen-bond donors (Lipinski definition) is 1. The van der Waals surface area contributed by atoms with E-state index in [0.717, 1.165) is 36.1 Å². The summed E-state index contributed by atoms with van der Waals surface area (Å²) in [6.45, 7) is 0.540. The van der Waals surface area contributed by atoms with Crippen molar-refractivity contribution in [2.75, 3.05) is 0 Å². The Morgan fingerprint density at radius 2 is 1.85 bits per heavy atom. The van der Waals surface area contributed by atoms with Crippen molar-refractivity contribution in [3.05, 3.63) is 59.6 Å². The van der Waals surface area contributed by atoms with E-state index >= 15 is 0 Å². The average molecular weight is 402 g/mol. The van der Waals surface area contributed by atoms with Gasteiger partial charge in [0.2, 0.25) is 10.0 Å². The summed E-state index contributed by atoms with van der Waals surface area (Å²) >= 11 is 1.50. The van der Waals surface area contributed by atoms with Crippen molar-refractivity contribution in [1.82, 2.24) is 14.5 Å². The topological polar surface area (TPSA) is 64.0 Å². The first-order chi connectivity index (χ1) is 13.1. The Morgan fingerprint density at radius 3 is 2.56 bits per heavy atom. The maximum atomic E-state index is 13.1. The minimum atomic E-state index is -3.61. The summed E-state index contributed by atoms with van der Waals surface area (Å²) in [4.78, 5) is 1.14. The van der Waals surface area contributed by atoms with Crippen LogP contribution >= 0.6 is 11.3 Å². The first kappa shape index (κ1) is 18.4. The second-order valence-electron chi connectivity index (χ2n) is 6.96. The van der Waals surface area contributed by atoms with Gasteiger partial charge in [-0.1, -0.05) is 55.7 Å². The van der Waals surface area contributed by atoms with Gasteiger partial charge >= 0.3 is 0 Å². The van der Waals surface area contributed by atoms with Crippen LogP contribution in [0.25, 0.3) is 10.6 Å². The van der Waals surface area contributed by atoms with Crippen LogP contribution in [0.15, 0.2) is 58.9 Å². The molecule has 1 fully saturated rings. The molecule has 1 aliphatic rings. The lowest BCUT2D eigenvalue weighted by Crippen LogP contribution is -2.36. The molecule has 1 aromatic carbocycles. The van der Waals surface area contributed by atoms with Gasteiger partial charge in [0.1, 0.15) is 10.6 Å². The second kappa shape index (κ2) is 7.96. The lowest BCUT2D eigenvalue weighted by molar-refractivity contribution is 0.412. The molecular formula is C20H23N3O2S2. The van der Waals surface area contributed by atoms with E-state index in [1.165, 1.54) is 17.8 Å². The van der Waals surface area contributed by atoms with Gasteiger partial charge in [-0.25, -0.2) is 13.1 Å². The van der Waals surface area contributed by atoms with E-state index in [4.69, 9.17) is 0 Å². The second-order valence-corrected chi connectivity index (χ2v) is 9.59. The first-order valence-corrected chi connectivity index (χ1v) is 11.7. The number of aromatic nitrogens is 2. The highest BCUT2D eigenvalue weighted by molar-refractivity contribution is 7.89. The fourth-order valence-electron chi connectivity index (χ4n) is 3.54. The fraction of sp³-hybridized carbons (Fsp3) is 0.350. The van der Waals surface area contributed by atoms with Crippen LogP contribution in [0.1, 0.15) is 37.7 Å². The highest BCUT2D eigenvalue weighted by Crippen LogP contribution is 2.30. The van der Waals surface area contributed by atoms with Gasteiger partial charge < -0.3 is 0 Å². The molecule has 142 valence electrons. The first-order valence-electron chi connectivity index (χ1n) is 9.29. The number of rotatable bonds is 6. The van der Waals surface area contributed by atoms with Crippen molar-refractivity contribution < 1.29 is 8.42 Å². The molecular weight excluding hydrogens is 378 g/mol. The molecule has 7 heteroatoms. The molecule has 0 radical (unpaired) electrons. The Balaban J connectivity index is 1.67. The lowest BCUT2D eigenvalue weighted by atomic mass is 9.96. The molecule has 1 saturated carbocycles. The molecule has 0 saturated heterocycles. The zero-order valence-electron chi connectivity index (χ0n) is 15.0. The van der Waals surface area contributed by atoms with Gasteiger partial charge in [-0.15, -0.1) is 11.3 Å². The molecule has 0 spiro atoms. The molecule has 0 amide bonds. The number of sulfonamides is 1. The molecule has 0 bridgehead atoms. The highest BCUT2D eigenvalue weighted by Gasteiger charge is 2.27. The van der Waals surface area contributed by atoms with Crippen molar-refractivity contribution in [1.29, 1.82) is 0 Å². The minimum absolute atomic E-state index is 0.0254. The molecule has 4 rings (SSSR count). The van der Waals surface area contributed by atoms with Crippen LogP contribution in [0.5, 0.6) is 0 Å². The van der Waals surface area contributed by atoms with Crippen LogP contribution in [0.2, 0.25) is 0 Å². The van der Waals surface area contributed by atoms with Gasteiger partial charge in [0.25, 0.3) is 0 Å². The van der Waals surface area contributed by atoms with Gasteiger partial charge in [-0.2, -0.15) is 5.10 Å². The smallest absolute Gasteiger partial charge is 0.244 e. The Hall–Kier alpha value is -1.96. The predicted molar refractivity (Wildman–Crippen MR) is 108 cm³/mol. The summed E-state index contributed by atoms with van der Waals surface area (Å²) < 4.78 is 30.9. The average Bonchev–Trinajstić information content (AvgIpc) is 3.33. The summed E-state index contributed by atoms with van der Waals surface area (Å²) in [6, 6.07) is 13.8. The molecule has 2 aromatic heterocycles. The summed E-state index contributed by atoms with van der Waals surface area (Å²) in [5.74, 6) is 0. The summed E-state index contributed by atoms with van der Waals surface area (Å²) in [5, 5.41) is 6.56. The van der Waals surface area contributed by atoms with Crippen molar-refractivity contribution in [2.24, 2.45) is 0 Å². The van der Waals surface area contributed by atoms with Crippen LogP contribution in [-0.4, -0.2) is 24.2 Å². The third-order valence-electron chi connectivity index (χ3n) is 4.89. The van der Waals surface area contributed by atoms with E-state index in [0.29, 0.717) is 12.2 Å². The zero-order valence-corrected chi connectivity index (χ0v) is 16.7. The van der Waals surface area contributed by atoms with Crippen LogP contribution in [0.3, 0.4) is 0 Å². The molecule has 1 aliphatic carbocycles. The number of thiophene rings is 1. The van der Waals surface area contributed by atoms with Gasteiger partial charge in [0, 0.05) is 12.2 Å². The molecule has 0 atom stereocenters. The summed E-state index contributed by atoms with van der Waals surface area (Å²) in [6.07, 6.45) is 6.83. The van der Waals surface area contributed by atoms with E-state index in [9.17, 15) is 8.42 Å². The molecule has 0 aliphatic heterocycles. The van der Waals surface area contributed by atoms with Crippen molar-refractivity contribution >= 4 is 21.4 Å². The SMILES string of the molecule is O=S(=O)(NC1CCCCC1)c1cn(Cc2ccccc2)nc1-c1cccs1. The molecule has 2 heterocycles. The number of nitrogens with one attached hydrogen (secondary N) is 1. The van der Waals surface area contributed by atoms with Gasteiger partial charge in [-0.05, 0) is 29.9 Å². The van der Waals surface area contributed by atoms with E-state index in [1.54, 1.807) is 10.9 Å². The predicted octanol–water partition coefficient (Wildman–Crippen LogP) is 4.27. The molecule has 0 unspecified atom stereocenters. The van der Waals surface area contributed by atoms with Crippen molar-refractivity contribution in [3.8, 4) is 10.6 Å². The van der Waals surface area contributed by atoms with Crippen LogP contribution in [0, 0.1) is 0 Å². The van der Waals surface area contributed by atoms with Gasteiger partial charge in [-0.3, -0.25) is 4.68 Å². The Labute approximate surface area is 164 Å². The van der Waals surface area contributed by atoms with Crippen LogP contribution in [-0.2, 0) is 16.6 Å². The lowest BCUT2D eigenvalue weighted by Gasteiger charge is -2.22. The summed E-state index contributed by atoms with van der Waals surface area (Å²) in [7, 11) is -3.61. The highest BCUT2D eigenvalue weighted by atomic mass is 32.2. The quantitative estimate of drug-likeness (QED) is 0.671. The molecule has 27 heavy (non-hydrogen) atoms. The molecule has 1 N–H and O–H groups in total. The number of nitrogens with zero attached hydrogens (tertiary/aromatic N) is 2. The Morgan fingerprint density at radius 1 is 1.07 bits per heavy atom. The van der Waals surface area contributed by atoms with Gasteiger partial charge in [0.05, 0.1) is 11.4 Å². The maximum Gasteiger partial charge on any atom is 0.244 e. The molecule has 3 aromatic rings. The largest absolute Gasteiger partial charge is 0.266 e. The fourth-order valence-corrected chi connectivity index (χ4v) is 5.79. The van der Waals surface area contributed by atoms with E-state index < -0.39 is 10.0 Å². The van der Waals surface area contributed by atoms with Crippen LogP contribution < -0.4 is 4.72 Å². The van der Waals surface area contributed by atoms with Gasteiger partial charge in [0.15, 0.2) is 0 Å². The number of hydrogen-bond acceptors (Lipinski definition) is 4. The van der Waals surface area contributed by atoms with E-state index in [2.05, 4.69) is 9.82 Å². The monoisotopic (exact) mass is 401 g/mol. The zero-order chi connectivity index (χ0) is 18.7. The Bertz CT molecular complexity index is 974. The van der Waals surface area contributed by atoms with Crippen LogP contribution in [0.4, 0.5) is 0 Å². The Kier molecular flexibility index (Phi) is 5.43. The minimum Gasteiger partial charge on any atom is -0.266 e. The number of benzene rings is 1. The van der Waals surface area contributed by atoms with Crippen molar-refractivity contribution in [2.45, 2.75) is 49.6 Å².